The maximum absolute atomic E-state index is 12.5. The molecule has 1 aliphatic heterocycles. The van der Waals surface area contributed by atoms with E-state index in [1.54, 1.807) is 6.07 Å². The van der Waals surface area contributed by atoms with Crippen molar-refractivity contribution in [2.45, 2.75) is 18.4 Å². The zero-order valence-corrected chi connectivity index (χ0v) is 12.1. The lowest BCUT2D eigenvalue weighted by Gasteiger charge is -2.34. The molecule has 1 atom stereocenters. The van der Waals surface area contributed by atoms with Gasteiger partial charge in [0.2, 0.25) is 11.7 Å². The Morgan fingerprint density at radius 3 is 2.89 bits per heavy atom. The van der Waals surface area contributed by atoms with Crippen LogP contribution in [-0.2, 0) is 9.53 Å². The zero-order chi connectivity index (χ0) is 14.0. The Morgan fingerprint density at radius 2 is 2.37 bits per heavy atom. The number of likely N-dealkylation sites (tertiary alicyclic amines) is 1. The fourth-order valence-electron chi connectivity index (χ4n) is 2.46. The minimum atomic E-state index is -1.09. The molecule has 2 rings (SSSR count). The van der Waals surface area contributed by atoms with Crippen LogP contribution in [0.25, 0.3) is 0 Å². The quantitative estimate of drug-likeness (QED) is 0.897. The second-order valence-electron chi connectivity index (χ2n) is 4.49. The van der Waals surface area contributed by atoms with E-state index in [1.807, 2.05) is 0 Å². The predicted octanol–water partition coefficient (Wildman–Crippen LogP) is 1.15. The molecule has 0 bridgehead atoms. The minimum Gasteiger partial charge on any atom is -0.458 e. The molecule has 1 aliphatic rings. The van der Waals surface area contributed by atoms with Crippen molar-refractivity contribution >= 4 is 27.7 Å². The van der Waals surface area contributed by atoms with Crippen molar-refractivity contribution in [2.24, 2.45) is 5.73 Å². The largest absolute Gasteiger partial charge is 0.458 e. The van der Waals surface area contributed by atoms with E-state index in [-0.39, 0.29) is 18.3 Å². The Balaban J connectivity index is 2.35. The summed E-state index contributed by atoms with van der Waals surface area (Å²) in [4.78, 5) is 25.7. The third-order valence-electron chi connectivity index (χ3n) is 3.39. The summed E-state index contributed by atoms with van der Waals surface area (Å²) >= 11 is 3.24. The topological polar surface area (TPSA) is 85.8 Å². The summed E-state index contributed by atoms with van der Waals surface area (Å²) < 4.78 is 10.8. The lowest BCUT2D eigenvalue weighted by atomic mass is 9.96. The van der Waals surface area contributed by atoms with Crippen LogP contribution in [0.5, 0.6) is 0 Å². The molecule has 2 N–H and O–H groups in total. The normalized spacial score (nSPS) is 22.7. The van der Waals surface area contributed by atoms with Crippen LogP contribution in [0.3, 0.4) is 0 Å². The molecule has 0 saturated carbocycles. The zero-order valence-electron chi connectivity index (χ0n) is 10.5. The second kappa shape index (κ2) is 5.34. The lowest BCUT2D eigenvalue weighted by molar-refractivity contribution is -0.130. The predicted molar refractivity (Wildman–Crippen MR) is 70.5 cm³/mol. The van der Waals surface area contributed by atoms with Crippen molar-refractivity contribution in [3.05, 3.63) is 22.6 Å². The molecule has 0 aliphatic carbocycles. The van der Waals surface area contributed by atoms with E-state index in [0.29, 0.717) is 23.9 Å². The van der Waals surface area contributed by atoms with Crippen LogP contribution in [-0.4, -0.2) is 42.5 Å². The summed E-state index contributed by atoms with van der Waals surface area (Å²) in [7, 11) is 1.48. The standard InChI is InChI=1S/C12H15BrN2O4/c1-18-7-12(11(14)17)4-2-5-15(12)10(16)9-8(13)3-6-19-9/h3,6H,2,4-5,7H2,1H3,(H2,14,17). The number of primary amides is 1. The van der Waals surface area contributed by atoms with Crippen molar-refractivity contribution in [3.63, 3.8) is 0 Å². The van der Waals surface area contributed by atoms with Gasteiger partial charge in [-0.25, -0.2) is 0 Å². The Morgan fingerprint density at radius 1 is 1.63 bits per heavy atom. The monoisotopic (exact) mass is 330 g/mol. The number of carbonyl (C=O) groups excluding carboxylic acids is 2. The van der Waals surface area contributed by atoms with Crippen LogP contribution in [0.1, 0.15) is 23.4 Å². The maximum atomic E-state index is 12.5. The van der Waals surface area contributed by atoms with E-state index in [2.05, 4.69) is 15.9 Å². The molecule has 1 aromatic rings. The number of hydrogen-bond donors (Lipinski definition) is 1. The number of carbonyl (C=O) groups is 2. The van der Waals surface area contributed by atoms with Gasteiger partial charge in [0.15, 0.2) is 0 Å². The number of nitrogens with zero attached hydrogens (tertiary/aromatic N) is 1. The molecule has 2 amide bonds. The van der Waals surface area contributed by atoms with Gasteiger partial charge in [0.05, 0.1) is 17.3 Å². The summed E-state index contributed by atoms with van der Waals surface area (Å²) in [5, 5.41) is 0. The highest BCUT2D eigenvalue weighted by Gasteiger charge is 2.49. The molecule has 6 nitrogen and oxygen atoms in total. The van der Waals surface area contributed by atoms with Crippen molar-refractivity contribution in [3.8, 4) is 0 Å². The molecule has 0 aromatic carbocycles. The summed E-state index contributed by atoms with van der Waals surface area (Å²) in [5.74, 6) is -0.739. The smallest absolute Gasteiger partial charge is 0.291 e. The summed E-state index contributed by atoms with van der Waals surface area (Å²) in [6, 6.07) is 1.63. The van der Waals surface area contributed by atoms with Gasteiger partial charge in [-0.1, -0.05) is 0 Å². The molecule has 0 radical (unpaired) electrons. The Labute approximate surface area is 119 Å². The van der Waals surface area contributed by atoms with E-state index in [9.17, 15) is 9.59 Å². The molecule has 1 aromatic heterocycles. The first-order chi connectivity index (χ1) is 9.03. The van der Waals surface area contributed by atoms with E-state index in [4.69, 9.17) is 14.9 Å². The van der Waals surface area contributed by atoms with Gasteiger partial charge in [0.25, 0.3) is 5.91 Å². The van der Waals surface area contributed by atoms with Crippen molar-refractivity contribution < 1.29 is 18.7 Å². The van der Waals surface area contributed by atoms with Crippen LogP contribution < -0.4 is 5.73 Å². The third kappa shape index (κ3) is 2.28. The minimum absolute atomic E-state index is 0.0897. The van der Waals surface area contributed by atoms with Crippen LogP contribution in [0.4, 0.5) is 0 Å². The van der Waals surface area contributed by atoms with Gasteiger partial charge in [0.1, 0.15) is 5.54 Å². The van der Waals surface area contributed by atoms with Gasteiger partial charge in [-0.05, 0) is 34.8 Å². The van der Waals surface area contributed by atoms with Gasteiger partial charge >= 0.3 is 0 Å². The van der Waals surface area contributed by atoms with Crippen LogP contribution >= 0.6 is 15.9 Å². The highest BCUT2D eigenvalue weighted by Crippen LogP contribution is 2.32. The Kier molecular flexibility index (Phi) is 3.96. The third-order valence-corrected chi connectivity index (χ3v) is 4.01. The van der Waals surface area contributed by atoms with Crippen molar-refractivity contribution in [2.75, 3.05) is 20.3 Å². The number of furan rings is 1. The van der Waals surface area contributed by atoms with E-state index >= 15 is 0 Å². The molecule has 2 heterocycles. The van der Waals surface area contributed by atoms with Gasteiger partial charge in [0, 0.05) is 13.7 Å². The van der Waals surface area contributed by atoms with Crippen LogP contribution in [0.15, 0.2) is 21.2 Å². The van der Waals surface area contributed by atoms with Gasteiger partial charge in [-0.15, -0.1) is 0 Å². The molecular weight excluding hydrogens is 316 g/mol. The number of methoxy groups -OCH3 is 1. The van der Waals surface area contributed by atoms with Crippen LogP contribution in [0.2, 0.25) is 0 Å². The van der Waals surface area contributed by atoms with E-state index in [0.717, 1.165) is 0 Å². The first kappa shape index (κ1) is 14.1. The second-order valence-corrected chi connectivity index (χ2v) is 5.34. The number of ether oxygens (including phenoxy) is 1. The highest BCUT2D eigenvalue weighted by molar-refractivity contribution is 9.10. The van der Waals surface area contributed by atoms with Gasteiger partial charge < -0.3 is 19.8 Å². The van der Waals surface area contributed by atoms with Crippen molar-refractivity contribution in [1.29, 1.82) is 0 Å². The van der Waals surface area contributed by atoms with E-state index < -0.39 is 11.4 Å². The number of hydrogen-bond acceptors (Lipinski definition) is 4. The molecule has 104 valence electrons. The summed E-state index contributed by atoms with van der Waals surface area (Å²) in [6.07, 6.45) is 2.62. The molecule has 19 heavy (non-hydrogen) atoms. The number of rotatable bonds is 4. The highest BCUT2D eigenvalue weighted by atomic mass is 79.9. The molecule has 1 fully saturated rings. The number of halogens is 1. The molecule has 1 saturated heterocycles. The average Bonchev–Trinajstić information content (AvgIpc) is 2.96. The van der Waals surface area contributed by atoms with Gasteiger partial charge in [-0.3, -0.25) is 9.59 Å². The molecular formula is C12H15BrN2O4. The SMILES string of the molecule is COCC1(C(N)=O)CCCN1C(=O)c1occc1Br. The Bertz CT molecular complexity index is 502. The summed E-state index contributed by atoms with van der Waals surface area (Å²) in [5.41, 5.74) is 4.40. The maximum Gasteiger partial charge on any atom is 0.291 e. The molecule has 0 spiro atoms. The van der Waals surface area contributed by atoms with E-state index in [1.165, 1.54) is 18.3 Å². The fourth-order valence-corrected chi connectivity index (χ4v) is 2.83. The number of nitrogens with two attached hydrogens (primary N) is 1. The average molecular weight is 331 g/mol. The molecule has 1 unspecified atom stereocenters. The first-order valence-corrected chi connectivity index (χ1v) is 6.66. The van der Waals surface area contributed by atoms with Gasteiger partial charge in [-0.2, -0.15) is 0 Å². The van der Waals surface area contributed by atoms with Crippen LogP contribution in [0, 0.1) is 0 Å². The number of amides is 2. The Hall–Kier alpha value is -1.34. The summed E-state index contributed by atoms with van der Waals surface area (Å²) in [6.45, 7) is 0.546. The lowest BCUT2D eigenvalue weighted by Crippen LogP contribution is -2.58. The first-order valence-electron chi connectivity index (χ1n) is 5.87. The molecule has 7 heteroatoms. The van der Waals surface area contributed by atoms with Crippen molar-refractivity contribution in [1.82, 2.24) is 4.90 Å². The fraction of sp³-hybridized carbons (Fsp3) is 0.500.